The molecule has 0 bridgehead atoms. The lowest BCUT2D eigenvalue weighted by molar-refractivity contribution is -0.0813. The fourth-order valence-electron chi connectivity index (χ4n) is 3.89. The van der Waals surface area contributed by atoms with Crippen LogP contribution in [0.3, 0.4) is 0 Å². The van der Waals surface area contributed by atoms with E-state index in [0.29, 0.717) is 6.61 Å². The summed E-state index contributed by atoms with van der Waals surface area (Å²) in [6.45, 7) is 3.09. The summed E-state index contributed by atoms with van der Waals surface area (Å²) in [5.41, 5.74) is 0. The monoisotopic (exact) mass is 428 g/mol. The summed E-state index contributed by atoms with van der Waals surface area (Å²) in [5.74, 6) is 0. The van der Waals surface area contributed by atoms with E-state index in [0.717, 1.165) is 12.8 Å². The standard InChI is InChI=1S/C25H48O5/c1-2-3-4-5-6-7-8-9-10-11-12-13-14-15-16-17-18-19-29-20-23(27)25-24(28)22(26)21-30-25/h9-10,22-28H,2-8,11-21H2,1H3/b10-9+/t22-,23+,24-,25-/m1/s1. The molecule has 1 saturated heterocycles. The van der Waals surface area contributed by atoms with Gasteiger partial charge in [-0.15, -0.1) is 0 Å². The van der Waals surface area contributed by atoms with Gasteiger partial charge in [-0.25, -0.2) is 0 Å². The number of rotatable bonds is 20. The van der Waals surface area contributed by atoms with Crippen molar-refractivity contribution in [2.45, 2.75) is 128 Å². The second kappa shape index (κ2) is 19.2. The lowest BCUT2D eigenvalue weighted by Crippen LogP contribution is -2.40. The third-order valence-corrected chi connectivity index (χ3v) is 5.91. The van der Waals surface area contributed by atoms with Crippen molar-refractivity contribution in [1.82, 2.24) is 0 Å². The second-order valence-corrected chi connectivity index (χ2v) is 8.79. The van der Waals surface area contributed by atoms with E-state index < -0.39 is 24.4 Å². The highest BCUT2D eigenvalue weighted by Crippen LogP contribution is 2.18. The van der Waals surface area contributed by atoms with Gasteiger partial charge in [0.15, 0.2) is 0 Å². The topological polar surface area (TPSA) is 79.2 Å². The normalized spacial score (nSPS) is 22.9. The molecule has 5 nitrogen and oxygen atoms in total. The summed E-state index contributed by atoms with van der Waals surface area (Å²) >= 11 is 0. The van der Waals surface area contributed by atoms with Crippen molar-refractivity contribution in [2.75, 3.05) is 19.8 Å². The smallest absolute Gasteiger partial charge is 0.114 e. The van der Waals surface area contributed by atoms with Crippen LogP contribution in [0.1, 0.15) is 103 Å². The van der Waals surface area contributed by atoms with Crippen molar-refractivity contribution in [1.29, 1.82) is 0 Å². The van der Waals surface area contributed by atoms with Gasteiger partial charge in [0.25, 0.3) is 0 Å². The maximum atomic E-state index is 9.95. The summed E-state index contributed by atoms with van der Waals surface area (Å²) in [6.07, 6.45) is 20.5. The van der Waals surface area contributed by atoms with Gasteiger partial charge < -0.3 is 24.8 Å². The van der Waals surface area contributed by atoms with Gasteiger partial charge in [0.2, 0.25) is 0 Å². The molecule has 0 unspecified atom stereocenters. The molecule has 0 saturated carbocycles. The van der Waals surface area contributed by atoms with Gasteiger partial charge in [-0.1, -0.05) is 83.3 Å². The van der Waals surface area contributed by atoms with Crippen molar-refractivity contribution < 1.29 is 24.8 Å². The van der Waals surface area contributed by atoms with E-state index in [1.54, 1.807) is 0 Å². The third-order valence-electron chi connectivity index (χ3n) is 5.91. The average Bonchev–Trinajstić information content (AvgIpc) is 3.08. The van der Waals surface area contributed by atoms with Crippen LogP contribution in [0, 0.1) is 0 Å². The molecule has 0 aliphatic carbocycles. The number of aliphatic hydroxyl groups is 3. The lowest BCUT2D eigenvalue weighted by Gasteiger charge is -2.20. The number of hydrogen-bond acceptors (Lipinski definition) is 5. The van der Waals surface area contributed by atoms with E-state index >= 15 is 0 Å². The highest BCUT2D eigenvalue weighted by molar-refractivity contribution is 4.87. The zero-order valence-electron chi connectivity index (χ0n) is 19.4. The van der Waals surface area contributed by atoms with Crippen LogP contribution in [-0.2, 0) is 9.47 Å². The largest absolute Gasteiger partial charge is 0.388 e. The van der Waals surface area contributed by atoms with Gasteiger partial charge in [0.05, 0.1) is 13.2 Å². The van der Waals surface area contributed by atoms with Crippen LogP contribution in [0.25, 0.3) is 0 Å². The van der Waals surface area contributed by atoms with Gasteiger partial charge in [-0.2, -0.15) is 0 Å². The number of unbranched alkanes of at least 4 members (excludes halogenated alkanes) is 13. The molecule has 1 aliphatic rings. The summed E-state index contributed by atoms with van der Waals surface area (Å²) in [7, 11) is 0. The molecular formula is C25H48O5. The number of aliphatic hydroxyl groups excluding tert-OH is 3. The quantitative estimate of drug-likeness (QED) is 0.190. The SMILES string of the molecule is CCCCCCCC/C=C/CCCCCCCCCOC[C@H](O)[C@H]1OC[C@@H](O)[C@H]1O. The van der Waals surface area contributed by atoms with Crippen molar-refractivity contribution in [3.8, 4) is 0 Å². The Morgan fingerprint density at radius 1 is 0.833 bits per heavy atom. The Hall–Kier alpha value is -0.460. The maximum absolute atomic E-state index is 9.95. The van der Waals surface area contributed by atoms with Crippen LogP contribution >= 0.6 is 0 Å². The minimum atomic E-state index is -1.03. The summed E-state index contributed by atoms with van der Waals surface area (Å²) in [4.78, 5) is 0. The summed E-state index contributed by atoms with van der Waals surface area (Å²) in [6, 6.07) is 0. The number of allylic oxidation sites excluding steroid dienone is 2. The van der Waals surface area contributed by atoms with Crippen LogP contribution in [0.15, 0.2) is 12.2 Å². The van der Waals surface area contributed by atoms with E-state index in [1.807, 2.05) is 0 Å². The summed E-state index contributed by atoms with van der Waals surface area (Å²) < 4.78 is 10.7. The maximum Gasteiger partial charge on any atom is 0.114 e. The van der Waals surface area contributed by atoms with E-state index in [2.05, 4.69) is 19.1 Å². The molecule has 1 aliphatic heterocycles. The zero-order chi connectivity index (χ0) is 21.9. The molecule has 5 heteroatoms. The van der Waals surface area contributed by atoms with Gasteiger partial charge in [0, 0.05) is 6.61 Å². The summed E-state index contributed by atoms with van der Waals surface area (Å²) in [5, 5.41) is 29.1. The molecule has 1 rings (SSSR count). The average molecular weight is 429 g/mol. The Morgan fingerprint density at radius 3 is 1.90 bits per heavy atom. The molecule has 0 amide bonds. The van der Waals surface area contributed by atoms with Crippen LogP contribution in [-0.4, -0.2) is 59.6 Å². The molecule has 0 aromatic carbocycles. The van der Waals surface area contributed by atoms with E-state index in [1.165, 1.54) is 83.5 Å². The Bertz CT molecular complexity index is 401. The minimum Gasteiger partial charge on any atom is -0.388 e. The molecule has 1 fully saturated rings. The Labute approximate surface area is 184 Å². The van der Waals surface area contributed by atoms with Crippen molar-refractivity contribution in [2.24, 2.45) is 0 Å². The van der Waals surface area contributed by atoms with Crippen LogP contribution in [0.4, 0.5) is 0 Å². The highest BCUT2D eigenvalue weighted by atomic mass is 16.5. The Morgan fingerprint density at radius 2 is 1.37 bits per heavy atom. The lowest BCUT2D eigenvalue weighted by atomic mass is 10.1. The molecule has 0 radical (unpaired) electrons. The molecule has 178 valence electrons. The molecule has 1 heterocycles. The molecule has 0 spiro atoms. The van der Waals surface area contributed by atoms with Crippen molar-refractivity contribution >= 4 is 0 Å². The molecule has 0 aromatic rings. The van der Waals surface area contributed by atoms with E-state index in [-0.39, 0.29) is 13.2 Å². The first-order chi connectivity index (χ1) is 14.7. The Balaban J connectivity index is 1.77. The fourth-order valence-corrected chi connectivity index (χ4v) is 3.89. The van der Waals surface area contributed by atoms with Gasteiger partial charge >= 0.3 is 0 Å². The first-order valence-electron chi connectivity index (χ1n) is 12.5. The highest BCUT2D eigenvalue weighted by Gasteiger charge is 2.39. The third kappa shape index (κ3) is 13.8. The van der Waals surface area contributed by atoms with E-state index in [4.69, 9.17) is 9.47 Å². The van der Waals surface area contributed by atoms with Crippen molar-refractivity contribution in [3.05, 3.63) is 12.2 Å². The van der Waals surface area contributed by atoms with Crippen LogP contribution in [0.5, 0.6) is 0 Å². The molecule has 0 aromatic heterocycles. The van der Waals surface area contributed by atoms with Gasteiger partial charge in [-0.3, -0.25) is 0 Å². The number of ether oxygens (including phenoxy) is 2. The first kappa shape index (κ1) is 27.6. The molecule has 4 atom stereocenters. The predicted molar refractivity (Wildman–Crippen MR) is 123 cm³/mol. The number of hydrogen-bond donors (Lipinski definition) is 3. The van der Waals surface area contributed by atoms with Gasteiger partial charge in [-0.05, 0) is 32.1 Å². The fraction of sp³-hybridized carbons (Fsp3) is 0.920. The minimum absolute atomic E-state index is 0.0678. The Kier molecular flexibility index (Phi) is 17.7. The molecular weight excluding hydrogens is 380 g/mol. The zero-order valence-corrected chi connectivity index (χ0v) is 19.4. The van der Waals surface area contributed by atoms with Crippen LogP contribution < -0.4 is 0 Å². The van der Waals surface area contributed by atoms with Crippen LogP contribution in [0.2, 0.25) is 0 Å². The molecule has 3 N–H and O–H groups in total. The van der Waals surface area contributed by atoms with E-state index in [9.17, 15) is 15.3 Å². The first-order valence-corrected chi connectivity index (χ1v) is 12.5. The van der Waals surface area contributed by atoms with Crippen molar-refractivity contribution in [3.63, 3.8) is 0 Å². The molecule has 30 heavy (non-hydrogen) atoms. The van der Waals surface area contributed by atoms with Gasteiger partial charge in [0.1, 0.15) is 24.4 Å². The predicted octanol–water partition coefficient (Wildman–Crippen LogP) is 4.91. The second-order valence-electron chi connectivity index (χ2n) is 8.79.